The summed E-state index contributed by atoms with van der Waals surface area (Å²) < 4.78 is 0. The van der Waals surface area contributed by atoms with Gasteiger partial charge in [0.05, 0.1) is 11.3 Å². The Morgan fingerprint density at radius 3 is 1.82 bits per heavy atom. The first-order chi connectivity index (χ1) is 10.3. The minimum absolute atomic E-state index is 0.331. The number of benzene rings is 2. The molecule has 0 heterocycles. The number of anilines is 1. The number of nitrogens with zero attached hydrogens (tertiary/aromatic N) is 1. The van der Waals surface area contributed by atoms with E-state index in [4.69, 9.17) is 10.8 Å². The van der Waals surface area contributed by atoms with Crippen LogP contribution in [0, 0.1) is 13.8 Å². The molecule has 0 fully saturated rings. The van der Waals surface area contributed by atoms with Crippen LogP contribution >= 0.6 is 0 Å². The van der Waals surface area contributed by atoms with Gasteiger partial charge in [-0.25, -0.2) is 9.59 Å². The van der Waals surface area contributed by atoms with Gasteiger partial charge in [-0.2, -0.15) is 0 Å². The van der Waals surface area contributed by atoms with E-state index in [9.17, 15) is 9.59 Å². The van der Waals surface area contributed by atoms with E-state index in [1.807, 2.05) is 32.0 Å². The molecule has 0 aliphatic heterocycles. The number of amides is 2. The highest BCUT2D eigenvalue weighted by Crippen LogP contribution is 2.22. The average Bonchev–Trinajstić information content (AvgIpc) is 2.48. The van der Waals surface area contributed by atoms with E-state index in [0.29, 0.717) is 5.56 Å². The molecule has 0 unspecified atom stereocenters. The number of carbonyl (C=O) groups is 2. The Bertz CT molecular complexity index is 634. The van der Waals surface area contributed by atoms with Gasteiger partial charge in [0.25, 0.3) is 0 Å². The maximum atomic E-state index is 11.0. The second-order valence-corrected chi connectivity index (χ2v) is 4.81. The zero-order valence-corrected chi connectivity index (χ0v) is 12.9. The number of urea groups is 1. The van der Waals surface area contributed by atoms with Crippen LogP contribution in [0.5, 0.6) is 0 Å². The molecule has 0 radical (unpaired) electrons. The summed E-state index contributed by atoms with van der Waals surface area (Å²) in [5, 5.41) is 8.38. The van der Waals surface area contributed by atoms with E-state index < -0.39 is 12.0 Å². The Balaban J connectivity index is 0.000000235. The zero-order valence-electron chi connectivity index (χ0n) is 12.9. The van der Waals surface area contributed by atoms with Crippen LogP contribution in [0.2, 0.25) is 0 Å². The molecule has 2 rings (SSSR count). The van der Waals surface area contributed by atoms with Crippen LogP contribution in [0.4, 0.5) is 10.5 Å². The number of carbonyl (C=O) groups excluding carboxylic acids is 1. The molecule has 0 bridgehead atoms. The van der Waals surface area contributed by atoms with Crippen molar-refractivity contribution in [3.63, 3.8) is 0 Å². The SMILES string of the molecule is Cc1cccc(C)c1N(C)C(N)=O.O=C(O)c1ccccc1. The van der Waals surface area contributed by atoms with E-state index in [1.54, 1.807) is 37.4 Å². The van der Waals surface area contributed by atoms with Gasteiger partial charge in [0, 0.05) is 7.05 Å². The Morgan fingerprint density at radius 2 is 1.45 bits per heavy atom. The molecule has 2 amide bonds. The number of aryl methyl sites for hydroxylation is 2. The Kier molecular flexibility index (Phi) is 6.13. The van der Waals surface area contributed by atoms with Crippen molar-refractivity contribution in [3.8, 4) is 0 Å². The fourth-order valence-corrected chi connectivity index (χ4v) is 2.03. The number of carboxylic acid groups (broad SMARTS) is 1. The van der Waals surface area contributed by atoms with E-state index in [1.165, 1.54) is 4.90 Å². The third-order valence-electron chi connectivity index (χ3n) is 3.13. The molecule has 2 aromatic carbocycles. The summed E-state index contributed by atoms with van der Waals surface area (Å²) in [5.41, 5.74) is 8.54. The van der Waals surface area contributed by atoms with E-state index >= 15 is 0 Å². The number of nitrogens with two attached hydrogens (primary N) is 1. The van der Waals surface area contributed by atoms with Crippen molar-refractivity contribution < 1.29 is 14.7 Å². The number of carboxylic acids is 1. The first-order valence-electron chi connectivity index (χ1n) is 6.72. The lowest BCUT2D eigenvalue weighted by molar-refractivity contribution is 0.0697. The van der Waals surface area contributed by atoms with Gasteiger partial charge in [0.15, 0.2) is 0 Å². The number of hydrogen-bond acceptors (Lipinski definition) is 2. The van der Waals surface area contributed by atoms with Crippen molar-refractivity contribution in [2.45, 2.75) is 13.8 Å². The minimum Gasteiger partial charge on any atom is -0.478 e. The second-order valence-electron chi connectivity index (χ2n) is 4.81. The third kappa shape index (κ3) is 4.63. The first-order valence-corrected chi connectivity index (χ1v) is 6.72. The fraction of sp³-hybridized carbons (Fsp3) is 0.176. The molecule has 0 aromatic heterocycles. The third-order valence-corrected chi connectivity index (χ3v) is 3.13. The van der Waals surface area contributed by atoms with Gasteiger partial charge in [-0.3, -0.25) is 4.90 Å². The van der Waals surface area contributed by atoms with Gasteiger partial charge in [-0.1, -0.05) is 36.4 Å². The summed E-state index contributed by atoms with van der Waals surface area (Å²) >= 11 is 0. The molecule has 0 aliphatic rings. The largest absolute Gasteiger partial charge is 0.478 e. The van der Waals surface area contributed by atoms with Crippen molar-refractivity contribution in [2.24, 2.45) is 5.73 Å². The van der Waals surface area contributed by atoms with Crippen LogP contribution in [0.25, 0.3) is 0 Å². The molecule has 5 heteroatoms. The number of aromatic carboxylic acids is 1. The first kappa shape index (κ1) is 17.2. The van der Waals surface area contributed by atoms with Crippen molar-refractivity contribution in [3.05, 3.63) is 65.2 Å². The fourth-order valence-electron chi connectivity index (χ4n) is 2.03. The number of para-hydroxylation sites is 1. The van der Waals surface area contributed by atoms with Crippen molar-refractivity contribution in [2.75, 3.05) is 11.9 Å². The predicted molar refractivity (Wildman–Crippen MR) is 87.3 cm³/mol. The van der Waals surface area contributed by atoms with Crippen molar-refractivity contribution in [1.82, 2.24) is 0 Å². The van der Waals surface area contributed by atoms with E-state index in [2.05, 4.69) is 0 Å². The second kappa shape index (κ2) is 7.83. The quantitative estimate of drug-likeness (QED) is 0.893. The van der Waals surface area contributed by atoms with E-state index in [0.717, 1.165) is 16.8 Å². The van der Waals surface area contributed by atoms with Gasteiger partial charge < -0.3 is 10.8 Å². The van der Waals surface area contributed by atoms with Gasteiger partial charge in [-0.05, 0) is 37.1 Å². The molecular formula is C17H20N2O3. The highest BCUT2D eigenvalue weighted by molar-refractivity contribution is 5.91. The maximum absolute atomic E-state index is 11.0. The topological polar surface area (TPSA) is 83.6 Å². The van der Waals surface area contributed by atoms with Gasteiger partial charge in [0.2, 0.25) is 0 Å². The molecule has 116 valence electrons. The maximum Gasteiger partial charge on any atom is 0.335 e. The Hall–Kier alpha value is -2.82. The minimum atomic E-state index is -0.879. The molecule has 0 saturated carbocycles. The Morgan fingerprint density at radius 1 is 0.955 bits per heavy atom. The average molecular weight is 300 g/mol. The number of rotatable bonds is 2. The standard InChI is InChI=1S/C10H14N2O.C7H6O2/c1-7-5-4-6-8(2)9(7)12(3)10(11)13;8-7(9)6-4-2-1-3-5-6/h4-6H,1-3H3,(H2,11,13);1-5H,(H,8,9). The van der Waals surface area contributed by atoms with Crippen LogP contribution in [0.15, 0.2) is 48.5 Å². The molecule has 2 aromatic rings. The molecule has 5 nitrogen and oxygen atoms in total. The molecule has 3 N–H and O–H groups in total. The van der Waals surface area contributed by atoms with Crippen LogP contribution in [-0.4, -0.2) is 24.2 Å². The van der Waals surface area contributed by atoms with Crippen molar-refractivity contribution in [1.29, 1.82) is 0 Å². The van der Waals surface area contributed by atoms with Crippen LogP contribution in [0.1, 0.15) is 21.5 Å². The lowest BCUT2D eigenvalue weighted by Crippen LogP contribution is -2.32. The normalized spacial score (nSPS) is 9.41. The lowest BCUT2D eigenvalue weighted by atomic mass is 10.1. The van der Waals surface area contributed by atoms with Gasteiger partial charge >= 0.3 is 12.0 Å². The van der Waals surface area contributed by atoms with Crippen molar-refractivity contribution >= 4 is 17.7 Å². The van der Waals surface area contributed by atoms with Gasteiger partial charge in [-0.15, -0.1) is 0 Å². The summed E-state index contributed by atoms with van der Waals surface area (Å²) in [4.78, 5) is 22.6. The molecule has 0 spiro atoms. The molecular weight excluding hydrogens is 280 g/mol. The summed E-state index contributed by atoms with van der Waals surface area (Å²) in [6.45, 7) is 3.92. The summed E-state index contributed by atoms with van der Waals surface area (Å²) in [6.07, 6.45) is 0. The summed E-state index contributed by atoms with van der Waals surface area (Å²) in [6, 6.07) is 13.7. The molecule has 0 saturated heterocycles. The van der Waals surface area contributed by atoms with Crippen LogP contribution in [0.3, 0.4) is 0 Å². The smallest absolute Gasteiger partial charge is 0.335 e. The Labute approximate surface area is 130 Å². The monoisotopic (exact) mass is 300 g/mol. The van der Waals surface area contributed by atoms with Crippen LogP contribution < -0.4 is 10.6 Å². The summed E-state index contributed by atoms with van der Waals surface area (Å²) in [7, 11) is 1.68. The van der Waals surface area contributed by atoms with Crippen LogP contribution in [-0.2, 0) is 0 Å². The highest BCUT2D eigenvalue weighted by atomic mass is 16.4. The molecule has 22 heavy (non-hydrogen) atoms. The summed E-state index contributed by atoms with van der Waals surface area (Å²) in [5.74, 6) is -0.879. The zero-order chi connectivity index (χ0) is 16.7. The number of hydrogen-bond donors (Lipinski definition) is 2. The number of primary amides is 1. The lowest BCUT2D eigenvalue weighted by Gasteiger charge is -2.19. The van der Waals surface area contributed by atoms with E-state index in [-0.39, 0.29) is 0 Å². The van der Waals surface area contributed by atoms with Gasteiger partial charge in [0.1, 0.15) is 0 Å². The molecule has 0 atom stereocenters. The predicted octanol–water partition coefficient (Wildman–Crippen LogP) is 3.20. The highest BCUT2D eigenvalue weighted by Gasteiger charge is 2.10. The molecule has 0 aliphatic carbocycles.